The van der Waals surface area contributed by atoms with Crippen LogP contribution in [-0.4, -0.2) is 45.6 Å². The number of hydrogen-bond acceptors (Lipinski definition) is 6. The summed E-state index contributed by atoms with van der Waals surface area (Å²) in [6.45, 7) is 1.78. The average Bonchev–Trinajstić information content (AvgIpc) is 2.82. The van der Waals surface area contributed by atoms with E-state index in [4.69, 9.17) is 0 Å². The van der Waals surface area contributed by atoms with Gasteiger partial charge in [-0.25, -0.2) is 14.5 Å². The highest BCUT2D eigenvalue weighted by Crippen LogP contribution is 2.19. The number of aryl methyl sites for hydroxylation is 1. The SMILES string of the molecule is Cc1ccc(CN2C(=O)N(CCC(=O)N=O)C(=O)NC2Nc2cc(=O)c3ccccc3[nH]2)cc1. The van der Waals surface area contributed by atoms with Crippen molar-refractivity contribution in [3.05, 3.63) is 80.9 Å². The van der Waals surface area contributed by atoms with Crippen LogP contribution in [0.15, 0.2) is 64.6 Å². The van der Waals surface area contributed by atoms with E-state index in [-0.39, 0.29) is 24.9 Å². The number of nitrogens with zero attached hydrogens (tertiary/aromatic N) is 3. The molecule has 2 aromatic carbocycles. The van der Waals surface area contributed by atoms with Gasteiger partial charge in [0.1, 0.15) is 5.82 Å². The molecule has 11 nitrogen and oxygen atoms in total. The van der Waals surface area contributed by atoms with Crippen LogP contribution in [0.1, 0.15) is 17.5 Å². The van der Waals surface area contributed by atoms with Crippen molar-refractivity contribution in [2.75, 3.05) is 11.9 Å². The third-order valence-electron chi connectivity index (χ3n) is 5.45. The minimum Gasteiger partial charge on any atom is -0.341 e. The number of benzene rings is 2. The zero-order chi connectivity index (χ0) is 24.2. The molecule has 3 N–H and O–H groups in total. The van der Waals surface area contributed by atoms with Gasteiger partial charge < -0.3 is 10.3 Å². The number of nitroso groups, excluding NO2 is 1. The van der Waals surface area contributed by atoms with E-state index in [2.05, 4.69) is 20.8 Å². The normalized spacial score (nSPS) is 15.9. The fourth-order valence-electron chi connectivity index (χ4n) is 3.66. The lowest BCUT2D eigenvalue weighted by Crippen LogP contribution is -2.67. The summed E-state index contributed by atoms with van der Waals surface area (Å²) in [6.07, 6.45) is -1.37. The summed E-state index contributed by atoms with van der Waals surface area (Å²) < 4.78 is 0. The number of nitrogens with one attached hydrogen (secondary N) is 3. The molecule has 1 aliphatic rings. The van der Waals surface area contributed by atoms with E-state index in [1.165, 1.54) is 11.0 Å². The van der Waals surface area contributed by atoms with Gasteiger partial charge in [0.25, 0.3) is 5.91 Å². The van der Waals surface area contributed by atoms with Crippen LogP contribution in [0.3, 0.4) is 0 Å². The molecule has 3 aromatic rings. The first-order chi connectivity index (χ1) is 16.4. The molecule has 0 spiro atoms. The number of aromatic nitrogens is 1. The molecule has 34 heavy (non-hydrogen) atoms. The number of H-pyrrole nitrogens is 1. The van der Waals surface area contributed by atoms with Crippen molar-refractivity contribution in [3.8, 4) is 0 Å². The van der Waals surface area contributed by atoms with Gasteiger partial charge in [-0.05, 0) is 24.6 Å². The lowest BCUT2D eigenvalue weighted by atomic mass is 10.1. The first-order valence-corrected chi connectivity index (χ1v) is 10.5. The highest BCUT2D eigenvalue weighted by Gasteiger charge is 2.38. The Balaban J connectivity index is 1.63. The second-order valence-electron chi connectivity index (χ2n) is 7.87. The van der Waals surface area contributed by atoms with Gasteiger partial charge in [-0.1, -0.05) is 42.0 Å². The molecule has 1 atom stereocenters. The minimum atomic E-state index is -0.991. The van der Waals surface area contributed by atoms with Gasteiger partial charge in [0, 0.05) is 23.2 Å². The summed E-state index contributed by atoms with van der Waals surface area (Å²) in [7, 11) is 0. The number of fused-ring (bicyclic) bond motifs is 1. The van der Waals surface area contributed by atoms with E-state index >= 15 is 0 Å². The Bertz CT molecular complexity index is 1320. The van der Waals surface area contributed by atoms with E-state index in [9.17, 15) is 24.1 Å². The molecule has 0 saturated carbocycles. The highest BCUT2D eigenvalue weighted by molar-refractivity contribution is 5.97. The second kappa shape index (κ2) is 9.53. The van der Waals surface area contributed by atoms with Crippen LogP contribution in [0.5, 0.6) is 0 Å². The van der Waals surface area contributed by atoms with Crippen molar-refractivity contribution in [3.63, 3.8) is 0 Å². The molecular formula is C23H22N6O5. The average molecular weight is 462 g/mol. The molecule has 4 rings (SSSR count). The molecule has 0 bridgehead atoms. The van der Waals surface area contributed by atoms with Crippen LogP contribution in [0.4, 0.5) is 15.4 Å². The standard InChI is InChI=1S/C23H22N6O5/c1-14-6-8-15(9-7-14)13-29-21(26-22(32)28(23(29)33)11-10-20(31)27-34)25-19-12-18(30)16-4-2-3-5-17(16)24-19/h2-9,12,21H,10-11,13H2,1H3,(H,26,32)(H2,24,25,30). The molecule has 174 valence electrons. The number of para-hydroxylation sites is 1. The summed E-state index contributed by atoms with van der Waals surface area (Å²) >= 11 is 0. The Morgan fingerprint density at radius 1 is 1.09 bits per heavy atom. The molecule has 1 fully saturated rings. The highest BCUT2D eigenvalue weighted by atomic mass is 16.3. The van der Waals surface area contributed by atoms with E-state index in [0.29, 0.717) is 16.7 Å². The van der Waals surface area contributed by atoms with Crippen molar-refractivity contribution in [2.45, 2.75) is 26.2 Å². The van der Waals surface area contributed by atoms with Gasteiger partial charge in [0.05, 0.1) is 18.5 Å². The van der Waals surface area contributed by atoms with E-state index < -0.39 is 24.3 Å². The number of urea groups is 2. The van der Waals surface area contributed by atoms with Crippen LogP contribution in [0.2, 0.25) is 0 Å². The summed E-state index contributed by atoms with van der Waals surface area (Å²) in [6, 6.07) is 14.4. The predicted octanol–water partition coefficient (Wildman–Crippen LogP) is 2.86. The van der Waals surface area contributed by atoms with Crippen molar-refractivity contribution in [1.82, 2.24) is 20.1 Å². The van der Waals surface area contributed by atoms with E-state index in [0.717, 1.165) is 16.0 Å². The predicted molar refractivity (Wildman–Crippen MR) is 125 cm³/mol. The summed E-state index contributed by atoms with van der Waals surface area (Å²) in [4.78, 5) is 65.4. The van der Waals surface area contributed by atoms with Crippen LogP contribution in [0, 0.1) is 11.8 Å². The number of rotatable bonds is 7. The molecule has 0 radical (unpaired) electrons. The first kappa shape index (κ1) is 22.6. The third kappa shape index (κ3) is 4.77. The van der Waals surface area contributed by atoms with Gasteiger partial charge in [-0.3, -0.25) is 19.8 Å². The third-order valence-corrected chi connectivity index (χ3v) is 5.45. The minimum absolute atomic E-state index is 0.130. The number of carbonyl (C=O) groups excluding carboxylic acids is 3. The molecule has 2 heterocycles. The van der Waals surface area contributed by atoms with Crippen LogP contribution in [0.25, 0.3) is 10.9 Å². The number of anilines is 1. The number of aromatic amines is 1. The fourth-order valence-corrected chi connectivity index (χ4v) is 3.66. The van der Waals surface area contributed by atoms with Gasteiger partial charge in [0.2, 0.25) is 0 Å². The van der Waals surface area contributed by atoms with Crippen molar-refractivity contribution >= 4 is 34.7 Å². The monoisotopic (exact) mass is 462 g/mol. The fraction of sp³-hybridized carbons (Fsp3) is 0.217. The van der Waals surface area contributed by atoms with Crippen LogP contribution < -0.4 is 16.1 Å². The van der Waals surface area contributed by atoms with Crippen molar-refractivity contribution in [2.24, 2.45) is 5.18 Å². The maximum Gasteiger partial charge on any atom is 0.331 e. The topological polar surface area (TPSA) is 144 Å². The molecular weight excluding hydrogens is 440 g/mol. The van der Waals surface area contributed by atoms with Crippen LogP contribution >= 0.6 is 0 Å². The number of amides is 5. The number of imide groups is 1. The van der Waals surface area contributed by atoms with Crippen molar-refractivity contribution in [1.29, 1.82) is 0 Å². The summed E-state index contributed by atoms with van der Waals surface area (Å²) in [5.41, 5.74) is 2.22. The second-order valence-corrected chi connectivity index (χ2v) is 7.87. The molecule has 11 heteroatoms. The molecule has 1 aliphatic heterocycles. The summed E-state index contributed by atoms with van der Waals surface area (Å²) in [5, 5.41) is 8.49. The first-order valence-electron chi connectivity index (χ1n) is 10.5. The van der Waals surface area contributed by atoms with Crippen LogP contribution in [-0.2, 0) is 11.3 Å². The largest absolute Gasteiger partial charge is 0.341 e. The molecule has 1 unspecified atom stereocenters. The molecule has 5 amide bonds. The quantitative estimate of drug-likeness (QED) is 0.461. The van der Waals surface area contributed by atoms with Gasteiger partial charge in [0.15, 0.2) is 11.7 Å². The van der Waals surface area contributed by atoms with Gasteiger partial charge in [-0.15, -0.1) is 4.91 Å². The Morgan fingerprint density at radius 3 is 2.56 bits per heavy atom. The Labute approximate surface area is 193 Å². The lowest BCUT2D eigenvalue weighted by molar-refractivity contribution is -0.118. The molecule has 1 saturated heterocycles. The Morgan fingerprint density at radius 2 is 1.82 bits per heavy atom. The number of hydrogen-bond donors (Lipinski definition) is 3. The Hall–Kier alpha value is -4.54. The van der Waals surface area contributed by atoms with Gasteiger partial charge in [-0.2, -0.15) is 0 Å². The van der Waals surface area contributed by atoms with E-state index in [1.54, 1.807) is 24.3 Å². The van der Waals surface area contributed by atoms with Crippen molar-refractivity contribution < 1.29 is 14.4 Å². The molecule has 0 aliphatic carbocycles. The lowest BCUT2D eigenvalue weighted by Gasteiger charge is -2.41. The molecule has 1 aromatic heterocycles. The smallest absolute Gasteiger partial charge is 0.331 e. The van der Waals surface area contributed by atoms with Gasteiger partial charge >= 0.3 is 12.1 Å². The maximum atomic E-state index is 13.2. The number of carbonyl (C=O) groups is 3. The zero-order valence-corrected chi connectivity index (χ0v) is 18.3. The Kier molecular flexibility index (Phi) is 6.35. The summed E-state index contributed by atoms with van der Waals surface area (Å²) in [5.74, 6) is -0.649. The maximum absolute atomic E-state index is 13.2. The number of pyridine rings is 1. The van der Waals surface area contributed by atoms with E-state index in [1.807, 2.05) is 31.2 Å². The zero-order valence-electron chi connectivity index (χ0n) is 18.3.